The van der Waals surface area contributed by atoms with E-state index in [0.717, 1.165) is 12.8 Å². The summed E-state index contributed by atoms with van der Waals surface area (Å²) in [5.74, 6) is -0.396. The molecule has 0 unspecified atom stereocenters. The standard InChI is InChI=1S/C23H24FN3O2/c1-2-20-15-22(29)27(23(26-20)18-11-6-12-19(24)14-18)16-21(28)25-13-7-10-17-8-4-3-5-9-17/h3-6,8-9,11-12,14-15H,2,7,10,13,16H2,1H3,(H,25,28). The molecule has 0 atom stereocenters. The SMILES string of the molecule is CCc1cc(=O)n(CC(=O)NCCCc2ccccc2)c(-c2cccc(F)c2)n1. The number of carbonyl (C=O) groups is 1. The molecule has 3 aromatic rings. The number of aryl methyl sites for hydroxylation is 2. The normalized spacial score (nSPS) is 10.7. The molecular weight excluding hydrogens is 369 g/mol. The smallest absolute Gasteiger partial charge is 0.254 e. The summed E-state index contributed by atoms with van der Waals surface area (Å²) in [6.07, 6.45) is 2.24. The molecule has 29 heavy (non-hydrogen) atoms. The first-order valence-electron chi connectivity index (χ1n) is 9.74. The van der Waals surface area contributed by atoms with Crippen LogP contribution in [0.15, 0.2) is 65.5 Å². The monoisotopic (exact) mass is 393 g/mol. The van der Waals surface area contributed by atoms with Crippen LogP contribution >= 0.6 is 0 Å². The van der Waals surface area contributed by atoms with Crippen molar-refractivity contribution >= 4 is 5.91 Å². The Morgan fingerprint density at radius 1 is 1.10 bits per heavy atom. The average Bonchev–Trinajstić information content (AvgIpc) is 2.73. The van der Waals surface area contributed by atoms with Crippen LogP contribution in [0.5, 0.6) is 0 Å². The Balaban J connectivity index is 1.70. The topological polar surface area (TPSA) is 64.0 Å². The molecule has 150 valence electrons. The Kier molecular flexibility index (Phi) is 6.89. The third-order valence-electron chi connectivity index (χ3n) is 4.62. The van der Waals surface area contributed by atoms with Gasteiger partial charge in [-0.1, -0.05) is 49.4 Å². The molecule has 2 aromatic carbocycles. The molecule has 0 radical (unpaired) electrons. The number of rotatable bonds is 8. The Bertz CT molecular complexity index is 1030. The van der Waals surface area contributed by atoms with Crippen LogP contribution < -0.4 is 10.9 Å². The molecule has 1 N–H and O–H groups in total. The summed E-state index contributed by atoms with van der Waals surface area (Å²) in [6, 6.07) is 17.3. The molecule has 1 aromatic heterocycles. The van der Waals surface area contributed by atoms with E-state index in [1.165, 1.54) is 28.3 Å². The third kappa shape index (κ3) is 5.60. The number of nitrogens with zero attached hydrogens (tertiary/aromatic N) is 2. The Morgan fingerprint density at radius 3 is 2.62 bits per heavy atom. The fourth-order valence-electron chi connectivity index (χ4n) is 3.10. The van der Waals surface area contributed by atoms with E-state index in [-0.39, 0.29) is 18.0 Å². The number of hydrogen-bond donors (Lipinski definition) is 1. The molecule has 0 fully saturated rings. The van der Waals surface area contributed by atoms with Crippen LogP contribution in [0.2, 0.25) is 0 Å². The number of amides is 1. The van der Waals surface area contributed by atoms with Gasteiger partial charge >= 0.3 is 0 Å². The van der Waals surface area contributed by atoms with E-state index in [1.807, 2.05) is 37.3 Å². The Hall–Kier alpha value is -3.28. The third-order valence-corrected chi connectivity index (χ3v) is 4.62. The molecule has 0 bridgehead atoms. The van der Waals surface area contributed by atoms with Gasteiger partial charge in [-0.2, -0.15) is 0 Å². The maximum Gasteiger partial charge on any atom is 0.254 e. The maximum atomic E-state index is 13.7. The highest BCUT2D eigenvalue weighted by Gasteiger charge is 2.14. The highest BCUT2D eigenvalue weighted by molar-refractivity contribution is 5.76. The molecule has 6 heteroatoms. The van der Waals surface area contributed by atoms with Crippen LogP contribution in [0.25, 0.3) is 11.4 Å². The highest BCUT2D eigenvalue weighted by Crippen LogP contribution is 2.17. The van der Waals surface area contributed by atoms with E-state index < -0.39 is 5.82 Å². The molecule has 0 aliphatic heterocycles. The number of carbonyl (C=O) groups excluding carboxylic acids is 1. The lowest BCUT2D eigenvalue weighted by Crippen LogP contribution is -2.34. The van der Waals surface area contributed by atoms with Gasteiger partial charge in [0, 0.05) is 23.9 Å². The predicted octanol–water partition coefficient (Wildman–Crippen LogP) is 3.36. The van der Waals surface area contributed by atoms with Gasteiger partial charge in [0.1, 0.15) is 18.2 Å². The number of hydrogen-bond acceptors (Lipinski definition) is 3. The Morgan fingerprint density at radius 2 is 1.90 bits per heavy atom. The van der Waals surface area contributed by atoms with Crippen molar-refractivity contribution < 1.29 is 9.18 Å². The van der Waals surface area contributed by atoms with Crippen LogP contribution in [-0.2, 0) is 24.2 Å². The molecule has 0 aliphatic carbocycles. The van der Waals surface area contributed by atoms with E-state index in [1.54, 1.807) is 12.1 Å². The fraction of sp³-hybridized carbons (Fsp3) is 0.261. The van der Waals surface area contributed by atoms with Crippen LogP contribution in [0.1, 0.15) is 24.6 Å². The number of aromatic nitrogens is 2. The number of benzene rings is 2. The first-order chi connectivity index (χ1) is 14.1. The summed E-state index contributed by atoms with van der Waals surface area (Å²) in [6.45, 7) is 2.24. The van der Waals surface area contributed by atoms with Crippen LogP contribution in [0, 0.1) is 5.82 Å². The van der Waals surface area contributed by atoms with Gasteiger partial charge in [-0.3, -0.25) is 14.2 Å². The predicted molar refractivity (Wildman–Crippen MR) is 111 cm³/mol. The van der Waals surface area contributed by atoms with Crippen LogP contribution in [0.4, 0.5) is 4.39 Å². The quantitative estimate of drug-likeness (QED) is 0.597. The molecule has 0 saturated heterocycles. The van der Waals surface area contributed by atoms with Gasteiger partial charge < -0.3 is 5.32 Å². The van der Waals surface area contributed by atoms with Crippen molar-refractivity contribution in [2.45, 2.75) is 32.7 Å². The van der Waals surface area contributed by atoms with Crippen LogP contribution in [0.3, 0.4) is 0 Å². The molecule has 1 heterocycles. The van der Waals surface area contributed by atoms with Gasteiger partial charge in [-0.05, 0) is 37.0 Å². The molecule has 5 nitrogen and oxygen atoms in total. The fourth-order valence-corrected chi connectivity index (χ4v) is 3.10. The van der Waals surface area contributed by atoms with Crippen LogP contribution in [-0.4, -0.2) is 22.0 Å². The van der Waals surface area contributed by atoms with E-state index in [2.05, 4.69) is 10.3 Å². The summed E-state index contributed by atoms with van der Waals surface area (Å²) in [7, 11) is 0. The van der Waals surface area contributed by atoms with Crippen molar-refractivity contribution in [1.82, 2.24) is 14.9 Å². The zero-order chi connectivity index (χ0) is 20.6. The lowest BCUT2D eigenvalue weighted by molar-refractivity contribution is -0.121. The molecule has 3 rings (SSSR count). The lowest BCUT2D eigenvalue weighted by Gasteiger charge is -2.13. The van der Waals surface area contributed by atoms with Gasteiger partial charge in [0.05, 0.1) is 0 Å². The second-order valence-electron chi connectivity index (χ2n) is 6.80. The zero-order valence-electron chi connectivity index (χ0n) is 16.4. The van der Waals surface area contributed by atoms with Gasteiger partial charge in [0.15, 0.2) is 0 Å². The van der Waals surface area contributed by atoms with Crippen molar-refractivity contribution in [3.05, 3.63) is 88.1 Å². The minimum absolute atomic E-state index is 0.160. The summed E-state index contributed by atoms with van der Waals surface area (Å²) < 4.78 is 15.0. The highest BCUT2D eigenvalue weighted by atomic mass is 19.1. The summed E-state index contributed by atoms with van der Waals surface area (Å²) in [4.78, 5) is 29.5. The average molecular weight is 393 g/mol. The van der Waals surface area contributed by atoms with Crippen molar-refractivity contribution in [2.75, 3.05) is 6.54 Å². The van der Waals surface area contributed by atoms with Gasteiger partial charge in [-0.15, -0.1) is 0 Å². The molecular formula is C23H24FN3O2. The minimum Gasteiger partial charge on any atom is -0.355 e. The summed E-state index contributed by atoms with van der Waals surface area (Å²) in [5, 5.41) is 2.85. The first kappa shape index (κ1) is 20.5. The number of halogens is 1. The molecule has 0 aliphatic rings. The summed E-state index contributed by atoms with van der Waals surface area (Å²) >= 11 is 0. The van der Waals surface area contributed by atoms with Crippen molar-refractivity contribution in [2.24, 2.45) is 0 Å². The van der Waals surface area contributed by atoms with Crippen molar-refractivity contribution in [1.29, 1.82) is 0 Å². The molecule has 0 saturated carbocycles. The van der Waals surface area contributed by atoms with Crippen molar-refractivity contribution in [3.8, 4) is 11.4 Å². The van der Waals surface area contributed by atoms with E-state index in [0.29, 0.717) is 30.0 Å². The van der Waals surface area contributed by atoms with E-state index in [9.17, 15) is 14.0 Å². The van der Waals surface area contributed by atoms with E-state index >= 15 is 0 Å². The Labute approximate surface area is 169 Å². The lowest BCUT2D eigenvalue weighted by atomic mass is 10.1. The second kappa shape index (κ2) is 9.78. The molecule has 0 spiro atoms. The van der Waals surface area contributed by atoms with Gasteiger partial charge in [0.2, 0.25) is 5.91 Å². The first-order valence-corrected chi connectivity index (χ1v) is 9.74. The second-order valence-corrected chi connectivity index (χ2v) is 6.80. The maximum absolute atomic E-state index is 13.7. The van der Waals surface area contributed by atoms with Gasteiger partial charge in [-0.25, -0.2) is 9.37 Å². The summed E-state index contributed by atoms with van der Waals surface area (Å²) in [5.41, 5.74) is 1.96. The number of nitrogens with one attached hydrogen (secondary N) is 1. The zero-order valence-corrected chi connectivity index (χ0v) is 16.4. The van der Waals surface area contributed by atoms with E-state index in [4.69, 9.17) is 0 Å². The van der Waals surface area contributed by atoms with Crippen molar-refractivity contribution in [3.63, 3.8) is 0 Å². The van der Waals surface area contributed by atoms with Gasteiger partial charge in [0.25, 0.3) is 5.56 Å². The molecule has 1 amide bonds. The minimum atomic E-state index is -0.421. The largest absolute Gasteiger partial charge is 0.355 e.